The summed E-state index contributed by atoms with van der Waals surface area (Å²) in [5.41, 5.74) is 2.09. The molecule has 0 heterocycles. The number of ether oxygens (including phenoxy) is 1. The molecule has 5 heteroatoms. The molecule has 3 nitrogen and oxygen atoms in total. The molecule has 0 aromatic heterocycles. The fourth-order valence-electron chi connectivity index (χ4n) is 1.07. The van der Waals surface area contributed by atoms with Gasteiger partial charge in [0.05, 0.1) is 6.61 Å². The Bertz CT molecular complexity index is 387. The lowest BCUT2D eigenvalue weighted by atomic mass is 10.2. The number of carbonyl (C=O) groups excluding carboxylic acids is 1. The van der Waals surface area contributed by atoms with Gasteiger partial charge in [0.2, 0.25) is 0 Å². The van der Waals surface area contributed by atoms with Crippen LogP contribution in [0.15, 0.2) is 24.3 Å². The molecule has 0 saturated carbocycles. The molecule has 0 spiro atoms. The van der Waals surface area contributed by atoms with Gasteiger partial charge in [-0.25, -0.2) is 4.79 Å². The van der Waals surface area contributed by atoms with Crippen LogP contribution in [-0.2, 0) is 13.7 Å². The van der Waals surface area contributed by atoms with Crippen LogP contribution < -0.4 is 0 Å². The van der Waals surface area contributed by atoms with E-state index in [4.69, 9.17) is 21.1 Å². The summed E-state index contributed by atoms with van der Waals surface area (Å²) in [5.74, 6) is -0.383. The van der Waals surface area contributed by atoms with E-state index < -0.39 is 0 Å². The van der Waals surface area contributed by atoms with Gasteiger partial charge in [0.15, 0.2) is 6.61 Å². The summed E-state index contributed by atoms with van der Waals surface area (Å²) >= 11 is 6.19. The SMILES string of the molecule is CCOC(=O)COSC(=S)c1ccc(C)cc1. The van der Waals surface area contributed by atoms with Crippen LogP contribution in [0.3, 0.4) is 0 Å². The zero-order valence-electron chi connectivity index (χ0n) is 9.76. The van der Waals surface area contributed by atoms with Crippen LogP contribution in [0.25, 0.3) is 0 Å². The fraction of sp³-hybridized carbons (Fsp3) is 0.333. The minimum Gasteiger partial charge on any atom is -0.464 e. The van der Waals surface area contributed by atoms with Crippen molar-refractivity contribution in [3.05, 3.63) is 35.4 Å². The lowest BCUT2D eigenvalue weighted by Crippen LogP contribution is -2.10. The van der Waals surface area contributed by atoms with Gasteiger partial charge in [0, 0.05) is 17.6 Å². The van der Waals surface area contributed by atoms with Crippen molar-refractivity contribution in [3.63, 3.8) is 0 Å². The summed E-state index contributed by atoms with van der Waals surface area (Å²) in [5, 5.41) is 0. The van der Waals surface area contributed by atoms with Crippen LogP contribution in [0.2, 0.25) is 0 Å². The van der Waals surface area contributed by atoms with Crippen molar-refractivity contribution < 1.29 is 13.7 Å². The molecule has 0 radical (unpaired) electrons. The van der Waals surface area contributed by atoms with Gasteiger partial charge in [-0.05, 0) is 13.8 Å². The summed E-state index contributed by atoms with van der Waals surface area (Å²) in [4.78, 5) is 11.0. The molecule has 1 rings (SSSR count). The Hall–Kier alpha value is -0.910. The van der Waals surface area contributed by atoms with E-state index in [1.54, 1.807) is 6.92 Å². The van der Waals surface area contributed by atoms with Gasteiger partial charge in [-0.3, -0.25) is 4.18 Å². The number of esters is 1. The van der Waals surface area contributed by atoms with E-state index in [2.05, 4.69) is 0 Å². The van der Waals surface area contributed by atoms with Crippen molar-refractivity contribution in [2.24, 2.45) is 0 Å². The van der Waals surface area contributed by atoms with Crippen molar-refractivity contribution in [1.29, 1.82) is 0 Å². The molecule has 0 aliphatic carbocycles. The highest BCUT2D eigenvalue weighted by Gasteiger charge is 2.06. The number of thiocarbonyl (C=S) groups is 1. The van der Waals surface area contributed by atoms with Crippen LogP contribution in [0.5, 0.6) is 0 Å². The maximum Gasteiger partial charge on any atom is 0.333 e. The number of benzene rings is 1. The standard InChI is InChI=1S/C12H14O3S2/c1-3-14-11(13)8-15-17-12(16)10-6-4-9(2)5-7-10/h4-7H,3,8H2,1-2H3. The Morgan fingerprint density at radius 2 is 2.00 bits per heavy atom. The summed E-state index contributed by atoms with van der Waals surface area (Å²) in [6, 6.07) is 7.82. The number of hydrogen-bond donors (Lipinski definition) is 0. The Labute approximate surface area is 111 Å². The maximum atomic E-state index is 11.0. The van der Waals surface area contributed by atoms with Crippen LogP contribution >= 0.6 is 24.3 Å². The normalized spacial score (nSPS) is 10.0. The van der Waals surface area contributed by atoms with Crippen LogP contribution in [0.1, 0.15) is 18.1 Å². The van der Waals surface area contributed by atoms with Gasteiger partial charge in [-0.15, -0.1) is 0 Å². The maximum absolute atomic E-state index is 11.0. The average Bonchev–Trinajstić information content (AvgIpc) is 2.30. The molecule has 1 aromatic rings. The molecular formula is C12H14O3S2. The molecule has 0 N–H and O–H groups in total. The largest absolute Gasteiger partial charge is 0.464 e. The number of carbonyl (C=O) groups is 1. The number of aryl methyl sites for hydroxylation is 1. The molecule has 0 unspecified atom stereocenters. The Balaban J connectivity index is 2.35. The molecule has 1 aromatic carbocycles. The molecule has 0 saturated heterocycles. The monoisotopic (exact) mass is 270 g/mol. The molecule has 0 fully saturated rings. The minimum absolute atomic E-state index is 0.0927. The van der Waals surface area contributed by atoms with E-state index in [0.29, 0.717) is 10.8 Å². The third-order valence-electron chi connectivity index (χ3n) is 1.90. The first-order valence-corrected chi connectivity index (χ1v) is 6.34. The Morgan fingerprint density at radius 3 is 2.59 bits per heavy atom. The molecule has 0 atom stereocenters. The van der Waals surface area contributed by atoms with E-state index in [1.807, 2.05) is 31.2 Å². The smallest absolute Gasteiger partial charge is 0.333 e. The first-order chi connectivity index (χ1) is 8.13. The lowest BCUT2D eigenvalue weighted by molar-refractivity contribution is -0.145. The zero-order chi connectivity index (χ0) is 12.7. The van der Waals surface area contributed by atoms with Crippen molar-refractivity contribution >= 4 is 34.4 Å². The van der Waals surface area contributed by atoms with E-state index in [-0.39, 0.29) is 12.6 Å². The second-order valence-corrected chi connectivity index (χ2v) is 4.78. The second-order valence-electron chi connectivity index (χ2n) is 3.30. The highest BCUT2D eigenvalue weighted by Crippen LogP contribution is 2.15. The van der Waals surface area contributed by atoms with Gasteiger partial charge in [-0.2, -0.15) is 0 Å². The number of rotatable bonds is 5. The Kier molecular flexibility index (Phi) is 6.18. The van der Waals surface area contributed by atoms with Gasteiger partial charge in [-0.1, -0.05) is 42.0 Å². The fourth-order valence-corrected chi connectivity index (χ4v) is 1.85. The van der Waals surface area contributed by atoms with E-state index in [0.717, 1.165) is 17.6 Å². The highest BCUT2D eigenvalue weighted by atomic mass is 32.2. The van der Waals surface area contributed by atoms with Crippen LogP contribution in [0.4, 0.5) is 0 Å². The molecule has 0 aliphatic rings. The molecule has 0 bridgehead atoms. The first-order valence-electron chi connectivity index (χ1n) is 5.19. The quantitative estimate of drug-likeness (QED) is 0.467. The Morgan fingerprint density at radius 1 is 1.35 bits per heavy atom. The number of hydrogen-bond acceptors (Lipinski definition) is 5. The van der Waals surface area contributed by atoms with Crippen molar-refractivity contribution in [2.75, 3.05) is 13.2 Å². The van der Waals surface area contributed by atoms with Gasteiger partial charge in [0.25, 0.3) is 0 Å². The summed E-state index contributed by atoms with van der Waals surface area (Å²) in [7, 11) is 0. The van der Waals surface area contributed by atoms with E-state index in [9.17, 15) is 4.79 Å². The van der Waals surface area contributed by atoms with Crippen molar-refractivity contribution in [3.8, 4) is 0 Å². The van der Waals surface area contributed by atoms with Gasteiger partial charge in [0.1, 0.15) is 4.20 Å². The van der Waals surface area contributed by atoms with Crippen LogP contribution in [-0.4, -0.2) is 23.4 Å². The average molecular weight is 270 g/mol. The third kappa shape index (κ3) is 5.30. The molecule has 17 heavy (non-hydrogen) atoms. The van der Waals surface area contributed by atoms with E-state index >= 15 is 0 Å². The lowest BCUT2D eigenvalue weighted by Gasteiger charge is -2.04. The second kappa shape index (κ2) is 7.42. The molecular weight excluding hydrogens is 256 g/mol. The van der Waals surface area contributed by atoms with Gasteiger partial charge < -0.3 is 4.74 Å². The predicted octanol–water partition coefficient (Wildman–Crippen LogP) is 2.90. The highest BCUT2D eigenvalue weighted by molar-refractivity contribution is 8.20. The molecule has 0 aliphatic heterocycles. The van der Waals surface area contributed by atoms with E-state index in [1.165, 1.54) is 5.56 Å². The zero-order valence-corrected chi connectivity index (χ0v) is 11.4. The van der Waals surface area contributed by atoms with Crippen molar-refractivity contribution in [2.45, 2.75) is 13.8 Å². The summed E-state index contributed by atoms with van der Waals surface area (Å²) in [6.45, 7) is 4.03. The third-order valence-corrected chi connectivity index (χ3v) is 2.97. The molecule has 0 amide bonds. The van der Waals surface area contributed by atoms with Crippen molar-refractivity contribution in [1.82, 2.24) is 0 Å². The summed E-state index contributed by atoms with van der Waals surface area (Å²) in [6.07, 6.45) is 0. The molecule has 92 valence electrons. The van der Waals surface area contributed by atoms with Crippen LogP contribution in [0, 0.1) is 6.92 Å². The topological polar surface area (TPSA) is 35.5 Å². The summed E-state index contributed by atoms with van der Waals surface area (Å²) < 4.78 is 10.4. The predicted molar refractivity (Wildman–Crippen MR) is 73.1 cm³/mol. The minimum atomic E-state index is -0.383. The van der Waals surface area contributed by atoms with Gasteiger partial charge >= 0.3 is 5.97 Å². The first kappa shape index (κ1) is 14.2.